The summed E-state index contributed by atoms with van der Waals surface area (Å²) in [6, 6.07) is 10.7. The fourth-order valence-corrected chi connectivity index (χ4v) is 3.85. The molecule has 1 amide bonds. The fraction of sp³-hybridized carbons (Fsp3) is 0.500. The van der Waals surface area contributed by atoms with Crippen molar-refractivity contribution in [1.82, 2.24) is 24.8 Å². The van der Waals surface area contributed by atoms with Crippen LogP contribution in [0.4, 0.5) is 0 Å². The Balaban J connectivity index is 1.62. The van der Waals surface area contributed by atoms with Crippen LogP contribution in [0, 0.1) is 0 Å². The summed E-state index contributed by atoms with van der Waals surface area (Å²) in [5.41, 5.74) is 3.04. The van der Waals surface area contributed by atoms with Crippen molar-refractivity contribution in [2.45, 2.75) is 39.7 Å². The van der Waals surface area contributed by atoms with Crippen LogP contribution < -0.4 is 0 Å². The van der Waals surface area contributed by atoms with E-state index in [1.54, 1.807) is 4.90 Å². The van der Waals surface area contributed by atoms with Gasteiger partial charge in [-0.15, -0.1) is 5.10 Å². The van der Waals surface area contributed by atoms with E-state index in [2.05, 4.69) is 52.5 Å². The number of nitrogens with zero attached hydrogens (tertiary/aromatic N) is 5. The predicted molar refractivity (Wildman–Crippen MR) is 112 cm³/mol. The molecule has 0 unspecified atom stereocenters. The number of hydrogen-bond acceptors (Lipinski definition) is 4. The van der Waals surface area contributed by atoms with E-state index in [0.29, 0.717) is 18.8 Å². The van der Waals surface area contributed by atoms with E-state index >= 15 is 0 Å². The number of piperidine rings is 1. The molecule has 1 fully saturated rings. The Morgan fingerprint density at radius 2 is 2.00 bits per heavy atom. The Morgan fingerprint density at radius 1 is 1.25 bits per heavy atom. The third-order valence-corrected chi connectivity index (χ3v) is 5.32. The molecule has 3 rings (SSSR count). The zero-order valence-corrected chi connectivity index (χ0v) is 17.2. The molecule has 1 atom stereocenters. The van der Waals surface area contributed by atoms with Crippen LogP contribution in [0.1, 0.15) is 55.7 Å². The maximum absolute atomic E-state index is 12.5. The van der Waals surface area contributed by atoms with E-state index in [1.807, 2.05) is 30.8 Å². The minimum atomic E-state index is -0.0365. The van der Waals surface area contributed by atoms with Crippen molar-refractivity contribution >= 4 is 12.0 Å². The zero-order valence-electron chi connectivity index (χ0n) is 17.2. The molecule has 6 nitrogen and oxygen atoms in total. The average Bonchev–Trinajstić information content (AvgIpc) is 3.20. The highest BCUT2D eigenvalue weighted by Gasteiger charge is 2.24. The zero-order chi connectivity index (χ0) is 19.9. The lowest BCUT2D eigenvalue weighted by Gasteiger charge is -2.32. The van der Waals surface area contributed by atoms with E-state index in [-0.39, 0.29) is 11.9 Å². The van der Waals surface area contributed by atoms with Gasteiger partial charge < -0.3 is 4.90 Å². The maximum Gasteiger partial charge on any atom is 0.276 e. The van der Waals surface area contributed by atoms with Gasteiger partial charge in [0.15, 0.2) is 5.69 Å². The molecule has 1 aromatic carbocycles. The lowest BCUT2D eigenvalue weighted by Crippen LogP contribution is -2.37. The molecule has 0 aliphatic carbocycles. The van der Waals surface area contributed by atoms with Crippen molar-refractivity contribution in [3.8, 4) is 0 Å². The summed E-state index contributed by atoms with van der Waals surface area (Å²) in [5, 5.41) is 8.41. The highest BCUT2D eigenvalue weighted by atomic mass is 16.2. The second-order valence-corrected chi connectivity index (χ2v) is 7.49. The summed E-state index contributed by atoms with van der Waals surface area (Å²) in [6.45, 7) is 10.5. The van der Waals surface area contributed by atoms with E-state index in [9.17, 15) is 4.79 Å². The number of hydrogen-bond donors (Lipinski definition) is 0. The first kappa shape index (κ1) is 20.3. The van der Waals surface area contributed by atoms with Crippen LogP contribution in [-0.2, 0) is 0 Å². The Hall–Kier alpha value is -2.47. The average molecular weight is 382 g/mol. The topological polar surface area (TPSA) is 54.3 Å². The number of benzene rings is 1. The van der Waals surface area contributed by atoms with E-state index < -0.39 is 0 Å². The van der Waals surface area contributed by atoms with Gasteiger partial charge in [0, 0.05) is 26.2 Å². The standard InChI is InChI=1S/C22H31N5O/c1-4-26(5-2)22(28)21-17-27(24-23-21)20-12-9-13-25(16-20)15-18(3)14-19-10-7-6-8-11-19/h6-8,10-11,14,17,20H,4-5,9,12-13,15-16H2,1-3H3/b18-14+/t20-/m1/s1. The number of carbonyl (C=O) groups is 1. The smallest absolute Gasteiger partial charge is 0.276 e. The number of amides is 1. The van der Waals surface area contributed by atoms with Crippen LogP contribution in [0.3, 0.4) is 0 Å². The molecule has 2 heterocycles. The lowest BCUT2D eigenvalue weighted by atomic mass is 10.0. The van der Waals surface area contributed by atoms with Crippen molar-refractivity contribution < 1.29 is 4.79 Å². The molecule has 0 radical (unpaired) electrons. The number of aromatic nitrogens is 3. The maximum atomic E-state index is 12.5. The first-order chi connectivity index (χ1) is 13.6. The van der Waals surface area contributed by atoms with Gasteiger partial charge in [-0.25, -0.2) is 4.68 Å². The van der Waals surface area contributed by atoms with Gasteiger partial charge in [0.1, 0.15) is 0 Å². The quantitative estimate of drug-likeness (QED) is 0.737. The van der Waals surface area contributed by atoms with Crippen molar-refractivity contribution in [2.24, 2.45) is 0 Å². The van der Waals surface area contributed by atoms with E-state index in [1.165, 1.54) is 11.1 Å². The number of rotatable bonds is 7. The molecular formula is C22H31N5O. The van der Waals surface area contributed by atoms with Crippen molar-refractivity contribution in [3.63, 3.8) is 0 Å². The fourth-order valence-electron chi connectivity index (χ4n) is 3.85. The first-order valence-corrected chi connectivity index (χ1v) is 10.3. The summed E-state index contributed by atoms with van der Waals surface area (Å²) in [5.74, 6) is -0.0365. The number of carbonyl (C=O) groups excluding carboxylic acids is 1. The van der Waals surface area contributed by atoms with Crippen molar-refractivity contribution in [2.75, 3.05) is 32.7 Å². The van der Waals surface area contributed by atoms with Gasteiger partial charge in [0.2, 0.25) is 0 Å². The highest BCUT2D eigenvalue weighted by molar-refractivity contribution is 5.91. The SMILES string of the molecule is CCN(CC)C(=O)c1cn([C@@H]2CCCN(C/C(C)=C/c3ccccc3)C2)nn1. The molecule has 1 aliphatic heterocycles. The van der Waals surface area contributed by atoms with E-state index in [4.69, 9.17) is 0 Å². The van der Waals surface area contributed by atoms with Crippen LogP contribution in [0.25, 0.3) is 6.08 Å². The van der Waals surface area contributed by atoms with Crippen LogP contribution >= 0.6 is 0 Å². The predicted octanol–water partition coefficient (Wildman–Crippen LogP) is 3.50. The Kier molecular flexibility index (Phi) is 6.98. The summed E-state index contributed by atoms with van der Waals surface area (Å²) in [7, 11) is 0. The summed E-state index contributed by atoms with van der Waals surface area (Å²) < 4.78 is 1.89. The minimum absolute atomic E-state index is 0.0365. The third kappa shape index (κ3) is 5.07. The molecule has 0 bridgehead atoms. The largest absolute Gasteiger partial charge is 0.338 e. The molecule has 0 N–H and O–H groups in total. The first-order valence-electron chi connectivity index (χ1n) is 10.3. The molecule has 1 aliphatic rings. The van der Waals surface area contributed by atoms with Gasteiger partial charge in [0.25, 0.3) is 5.91 Å². The molecule has 0 spiro atoms. The Bertz CT molecular complexity index is 794. The molecule has 2 aromatic rings. The molecule has 150 valence electrons. The monoisotopic (exact) mass is 381 g/mol. The summed E-state index contributed by atoms with van der Waals surface area (Å²) in [6.07, 6.45) is 6.27. The molecule has 1 aromatic heterocycles. The van der Waals surface area contributed by atoms with Gasteiger partial charge >= 0.3 is 0 Å². The van der Waals surface area contributed by atoms with Gasteiger partial charge in [-0.1, -0.05) is 47.2 Å². The van der Waals surface area contributed by atoms with Crippen molar-refractivity contribution in [1.29, 1.82) is 0 Å². The van der Waals surface area contributed by atoms with Crippen molar-refractivity contribution in [3.05, 3.63) is 53.4 Å². The van der Waals surface area contributed by atoms with Crippen LogP contribution in [0.15, 0.2) is 42.1 Å². The molecule has 6 heteroatoms. The molecule has 28 heavy (non-hydrogen) atoms. The Labute approximate surface area is 167 Å². The third-order valence-electron chi connectivity index (χ3n) is 5.32. The lowest BCUT2D eigenvalue weighted by molar-refractivity contribution is 0.0767. The Morgan fingerprint density at radius 3 is 2.71 bits per heavy atom. The normalized spacial score (nSPS) is 18.2. The highest BCUT2D eigenvalue weighted by Crippen LogP contribution is 2.22. The molecule has 0 saturated carbocycles. The van der Waals surface area contributed by atoms with Crippen LogP contribution in [0.5, 0.6) is 0 Å². The van der Waals surface area contributed by atoms with E-state index in [0.717, 1.165) is 32.5 Å². The molecule has 1 saturated heterocycles. The van der Waals surface area contributed by atoms with Gasteiger partial charge in [-0.2, -0.15) is 0 Å². The number of likely N-dealkylation sites (tertiary alicyclic amines) is 1. The summed E-state index contributed by atoms with van der Waals surface area (Å²) >= 11 is 0. The summed E-state index contributed by atoms with van der Waals surface area (Å²) in [4.78, 5) is 16.7. The van der Waals surface area contributed by atoms with Gasteiger partial charge in [-0.3, -0.25) is 9.69 Å². The molecular weight excluding hydrogens is 350 g/mol. The second kappa shape index (κ2) is 9.64. The second-order valence-electron chi connectivity index (χ2n) is 7.49. The van der Waals surface area contributed by atoms with Gasteiger partial charge in [-0.05, 0) is 45.7 Å². The van der Waals surface area contributed by atoms with Gasteiger partial charge in [0.05, 0.1) is 12.2 Å². The van der Waals surface area contributed by atoms with Crippen LogP contribution in [0.2, 0.25) is 0 Å². The van der Waals surface area contributed by atoms with Crippen LogP contribution in [-0.4, -0.2) is 63.4 Å². The minimum Gasteiger partial charge on any atom is -0.338 e.